The van der Waals surface area contributed by atoms with Gasteiger partial charge in [-0.2, -0.15) is 0 Å². The molecule has 0 saturated carbocycles. The molecule has 0 aromatic heterocycles. The average Bonchev–Trinajstić information content (AvgIpc) is 2.67. The van der Waals surface area contributed by atoms with Crippen LogP contribution in [-0.4, -0.2) is 19.8 Å². The van der Waals surface area contributed by atoms with Crippen molar-refractivity contribution in [2.75, 3.05) is 19.8 Å². The lowest BCUT2D eigenvalue weighted by atomic mass is 9.83. The van der Waals surface area contributed by atoms with Crippen LogP contribution in [0.3, 0.4) is 0 Å². The highest BCUT2D eigenvalue weighted by Gasteiger charge is 2.53. The number of benzene rings is 2. The predicted octanol–water partition coefficient (Wildman–Crippen LogP) is 4.74. The van der Waals surface area contributed by atoms with E-state index in [0.717, 1.165) is 25.0 Å². The molecule has 3 fully saturated rings. The lowest BCUT2D eigenvalue weighted by Crippen LogP contribution is -2.58. The van der Waals surface area contributed by atoms with E-state index in [0.29, 0.717) is 30.9 Å². The van der Waals surface area contributed by atoms with Crippen LogP contribution in [0, 0.1) is 22.9 Å². The van der Waals surface area contributed by atoms with Crippen LogP contribution in [0.1, 0.15) is 25.3 Å². The Labute approximate surface area is 149 Å². The Hall–Kier alpha value is -1.89. The molecule has 0 aliphatic carbocycles. The Morgan fingerprint density at radius 2 is 1.38 bits per heavy atom. The highest BCUT2D eigenvalue weighted by atomic mass is 19.2. The van der Waals surface area contributed by atoms with Gasteiger partial charge in [-0.05, 0) is 29.7 Å². The average molecular weight is 364 g/mol. The van der Waals surface area contributed by atoms with E-state index >= 15 is 0 Å². The lowest BCUT2D eigenvalue weighted by molar-refractivity contribution is -0.480. The third-order valence-electron chi connectivity index (χ3n) is 5.04. The lowest BCUT2D eigenvalue weighted by Gasteiger charge is -2.51. The molecule has 138 valence electrons. The molecule has 0 unspecified atom stereocenters. The molecule has 0 amide bonds. The van der Waals surface area contributed by atoms with Crippen molar-refractivity contribution in [2.45, 2.75) is 25.7 Å². The summed E-state index contributed by atoms with van der Waals surface area (Å²) in [5, 5.41) is 0. The normalized spacial score (nSPS) is 27.7. The minimum atomic E-state index is -1.47. The molecule has 2 aromatic carbocycles. The van der Waals surface area contributed by atoms with Crippen molar-refractivity contribution in [1.29, 1.82) is 0 Å². The summed E-state index contributed by atoms with van der Waals surface area (Å²) in [7, 11) is 0. The van der Waals surface area contributed by atoms with E-state index in [2.05, 4.69) is 6.92 Å². The Morgan fingerprint density at radius 3 is 1.88 bits per heavy atom. The van der Waals surface area contributed by atoms with Crippen molar-refractivity contribution in [2.24, 2.45) is 5.41 Å². The summed E-state index contributed by atoms with van der Waals surface area (Å²) in [6, 6.07) is 8.74. The van der Waals surface area contributed by atoms with Gasteiger partial charge < -0.3 is 14.2 Å². The molecule has 6 heteroatoms. The SMILES string of the molecule is CCCC12COC(c3ccc(-c4cc(F)c(F)c(F)c4)cc3)(OC1)OC2. The summed E-state index contributed by atoms with van der Waals surface area (Å²) >= 11 is 0. The van der Waals surface area contributed by atoms with Crippen LogP contribution < -0.4 is 0 Å². The molecule has 0 N–H and O–H groups in total. The summed E-state index contributed by atoms with van der Waals surface area (Å²) in [5.41, 5.74) is 1.39. The second-order valence-corrected chi connectivity index (χ2v) is 7.00. The van der Waals surface area contributed by atoms with E-state index in [9.17, 15) is 13.2 Å². The van der Waals surface area contributed by atoms with Crippen molar-refractivity contribution < 1.29 is 27.4 Å². The molecule has 0 atom stereocenters. The molecule has 2 aromatic rings. The number of hydrogen-bond acceptors (Lipinski definition) is 3. The molecule has 3 heterocycles. The van der Waals surface area contributed by atoms with Gasteiger partial charge in [0.2, 0.25) is 0 Å². The summed E-state index contributed by atoms with van der Waals surface area (Å²) in [6.07, 6.45) is 2.01. The van der Waals surface area contributed by atoms with Gasteiger partial charge in [0.1, 0.15) is 0 Å². The predicted molar refractivity (Wildman–Crippen MR) is 88.6 cm³/mol. The third kappa shape index (κ3) is 2.82. The van der Waals surface area contributed by atoms with Crippen LogP contribution in [0.2, 0.25) is 0 Å². The van der Waals surface area contributed by atoms with E-state index in [-0.39, 0.29) is 11.0 Å². The van der Waals surface area contributed by atoms with Crippen LogP contribution >= 0.6 is 0 Å². The fourth-order valence-electron chi connectivity index (χ4n) is 3.58. The zero-order valence-electron chi connectivity index (χ0n) is 14.4. The Kier molecular flexibility index (Phi) is 4.29. The molecule has 3 aliphatic rings. The molecule has 3 nitrogen and oxygen atoms in total. The van der Waals surface area contributed by atoms with E-state index in [4.69, 9.17) is 14.2 Å². The largest absolute Gasteiger partial charge is 0.323 e. The van der Waals surface area contributed by atoms with Crippen LogP contribution in [0.5, 0.6) is 0 Å². The molecule has 26 heavy (non-hydrogen) atoms. The number of halogens is 3. The van der Waals surface area contributed by atoms with Gasteiger partial charge in [-0.1, -0.05) is 37.6 Å². The molecule has 0 spiro atoms. The summed E-state index contributed by atoms with van der Waals surface area (Å²) in [4.78, 5) is 0. The maximum Gasteiger partial charge on any atom is 0.312 e. The van der Waals surface area contributed by atoms with Gasteiger partial charge in [-0.25, -0.2) is 13.2 Å². The molecular weight excluding hydrogens is 345 g/mol. The molecule has 2 bridgehead atoms. The van der Waals surface area contributed by atoms with Crippen molar-refractivity contribution in [3.8, 4) is 11.1 Å². The van der Waals surface area contributed by atoms with Crippen molar-refractivity contribution in [3.63, 3.8) is 0 Å². The van der Waals surface area contributed by atoms with Gasteiger partial charge in [-0.3, -0.25) is 0 Å². The van der Waals surface area contributed by atoms with Gasteiger partial charge >= 0.3 is 5.97 Å². The quantitative estimate of drug-likeness (QED) is 0.733. The zero-order valence-corrected chi connectivity index (χ0v) is 14.4. The topological polar surface area (TPSA) is 27.7 Å². The number of rotatable bonds is 4. The first-order chi connectivity index (χ1) is 12.5. The minimum Gasteiger partial charge on any atom is -0.323 e. The molecule has 5 rings (SSSR count). The first kappa shape index (κ1) is 17.5. The summed E-state index contributed by atoms with van der Waals surface area (Å²) in [5.74, 6) is -5.14. The fraction of sp³-hybridized carbons (Fsp3) is 0.400. The van der Waals surface area contributed by atoms with Gasteiger partial charge in [0.25, 0.3) is 0 Å². The molecule has 3 saturated heterocycles. The van der Waals surface area contributed by atoms with Crippen LogP contribution in [0.15, 0.2) is 36.4 Å². The van der Waals surface area contributed by atoms with E-state index in [1.807, 2.05) is 0 Å². The van der Waals surface area contributed by atoms with Crippen LogP contribution in [0.4, 0.5) is 13.2 Å². The number of fused-ring (bicyclic) bond motifs is 3. The second-order valence-electron chi connectivity index (χ2n) is 7.00. The number of ether oxygens (including phenoxy) is 3. The van der Waals surface area contributed by atoms with Crippen molar-refractivity contribution in [3.05, 3.63) is 59.4 Å². The Balaban J connectivity index is 1.58. The summed E-state index contributed by atoms with van der Waals surface area (Å²) < 4.78 is 57.7. The van der Waals surface area contributed by atoms with E-state index in [1.165, 1.54) is 0 Å². The zero-order chi connectivity index (χ0) is 18.4. The molecular formula is C20H19F3O3. The van der Waals surface area contributed by atoms with Gasteiger partial charge in [-0.15, -0.1) is 0 Å². The first-order valence-electron chi connectivity index (χ1n) is 8.64. The standard InChI is InChI=1S/C20H19F3O3/c1-2-7-19-10-24-20(25-11-19,26-12-19)15-5-3-13(4-6-15)14-8-16(21)18(23)17(22)9-14/h3-6,8-9H,2,7,10-12H2,1H3. The summed E-state index contributed by atoms with van der Waals surface area (Å²) in [6.45, 7) is 3.82. The second kappa shape index (κ2) is 6.37. The number of hydrogen-bond donors (Lipinski definition) is 0. The maximum atomic E-state index is 13.4. The van der Waals surface area contributed by atoms with E-state index in [1.54, 1.807) is 24.3 Å². The van der Waals surface area contributed by atoms with Crippen molar-refractivity contribution >= 4 is 0 Å². The minimum absolute atomic E-state index is 0.0837. The Bertz CT molecular complexity index is 772. The fourth-order valence-corrected chi connectivity index (χ4v) is 3.58. The van der Waals surface area contributed by atoms with Crippen LogP contribution in [0.25, 0.3) is 11.1 Å². The van der Waals surface area contributed by atoms with Crippen molar-refractivity contribution in [1.82, 2.24) is 0 Å². The van der Waals surface area contributed by atoms with Crippen LogP contribution in [-0.2, 0) is 20.2 Å². The Morgan fingerprint density at radius 1 is 0.846 bits per heavy atom. The van der Waals surface area contributed by atoms with Gasteiger partial charge in [0.15, 0.2) is 17.5 Å². The first-order valence-corrected chi connectivity index (χ1v) is 8.64. The highest BCUT2D eigenvalue weighted by molar-refractivity contribution is 5.64. The maximum absolute atomic E-state index is 13.4. The third-order valence-corrected chi connectivity index (χ3v) is 5.04. The molecule has 3 aliphatic heterocycles. The smallest absolute Gasteiger partial charge is 0.312 e. The van der Waals surface area contributed by atoms with Gasteiger partial charge in [0, 0.05) is 11.0 Å². The molecule has 0 radical (unpaired) electrons. The van der Waals surface area contributed by atoms with Gasteiger partial charge in [0.05, 0.1) is 19.8 Å². The van der Waals surface area contributed by atoms with E-state index < -0.39 is 23.4 Å². The highest BCUT2D eigenvalue weighted by Crippen LogP contribution is 2.46. The monoisotopic (exact) mass is 364 g/mol.